The topological polar surface area (TPSA) is 26.2 Å². The molecule has 0 bridgehead atoms. The van der Waals surface area contributed by atoms with E-state index in [9.17, 15) is 0 Å². The fraction of sp³-hybridized carbons (Fsp3) is 0.333. The van der Waals surface area contributed by atoms with E-state index in [4.69, 9.17) is 4.74 Å². The third-order valence-electron chi connectivity index (χ3n) is 4.82. The molecule has 0 atom stereocenters. The van der Waals surface area contributed by atoms with Crippen LogP contribution in [-0.4, -0.2) is 24.3 Å². The number of ether oxygens (including phenoxy) is 1. The maximum Gasteiger partial charge on any atom is 0.119 e. The Bertz CT molecular complexity index is 807. The average Bonchev–Trinajstić information content (AvgIpc) is 2.77. The van der Waals surface area contributed by atoms with Crippen LogP contribution >= 0.6 is 0 Å². The molecule has 3 aromatic rings. The van der Waals surface area contributed by atoms with Crippen LogP contribution in [0.25, 0.3) is 10.9 Å². The first-order valence-electron chi connectivity index (χ1n) is 8.91. The molecule has 1 N–H and O–H groups in total. The van der Waals surface area contributed by atoms with Crippen LogP contribution in [-0.2, 0) is 19.4 Å². The molecule has 0 fully saturated rings. The number of nitrogens with zero attached hydrogens (tertiary/aromatic N) is 1. The average molecular weight is 320 g/mol. The third kappa shape index (κ3) is 3.04. The quantitative estimate of drug-likeness (QED) is 0.724. The minimum Gasteiger partial charge on any atom is -0.494 e. The maximum absolute atomic E-state index is 5.86. The van der Waals surface area contributed by atoms with Gasteiger partial charge >= 0.3 is 0 Å². The second-order valence-corrected chi connectivity index (χ2v) is 6.36. The fourth-order valence-electron chi connectivity index (χ4n) is 3.72. The zero-order chi connectivity index (χ0) is 16.2. The molecule has 2 heterocycles. The molecule has 2 aromatic carbocycles. The van der Waals surface area contributed by atoms with Crippen LogP contribution in [0.1, 0.15) is 17.7 Å². The van der Waals surface area contributed by atoms with Crippen molar-refractivity contribution in [2.75, 3.05) is 19.7 Å². The van der Waals surface area contributed by atoms with E-state index in [1.807, 2.05) is 30.3 Å². The minimum atomic E-state index is 0.754. The van der Waals surface area contributed by atoms with E-state index in [0.29, 0.717) is 0 Å². The molecule has 3 heteroatoms. The van der Waals surface area contributed by atoms with Gasteiger partial charge in [-0.2, -0.15) is 0 Å². The third-order valence-corrected chi connectivity index (χ3v) is 4.82. The van der Waals surface area contributed by atoms with Crippen molar-refractivity contribution >= 4 is 10.9 Å². The van der Waals surface area contributed by atoms with Crippen molar-refractivity contribution in [2.45, 2.75) is 25.8 Å². The van der Waals surface area contributed by atoms with Crippen LogP contribution in [0.2, 0.25) is 0 Å². The van der Waals surface area contributed by atoms with Gasteiger partial charge in [-0.15, -0.1) is 0 Å². The predicted molar refractivity (Wildman–Crippen MR) is 98.8 cm³/mol. The van der Waals surface area contributed by atoms with Crippen molar-refractivity contribution in [3.05, 3.63) is 65.9 Å². The molecular weight excluding hydrogens is 296 g/mol. The smallest absolute Gasteiger partial charge is 0.119 e. The summed E-state index contributed by atoms with van der Waals surface area (Å²) in [4.78, 5) is 0. The van der Waals surface area contributed by atoms with Crippen molar-refractivity contribution in [1.29, 1.82) is 0 Å². The normalized spacial score (nSPS) is 14.3. The van der Waals surface area contributed by atoms with E-state index >= 15 is 0 Å². The summed E-state index contributed by atoms with van der Waals surface area (Å²) in [5.74, 6) is 0.956. The number of benzene rings is 2. The maximum atomic E-state index is 5.86. The SMILES string of the molecule is c1ccc(OCCCn2c3c(c4ccccc42)CCNCC3)cc1. The molecule has 0 radical (unpaired) electrons. The zero-order valence-corrected chi connectivity index (χ0v) is 14.0. The first kappa shape index (κ1) is 15.3. The summed E-state index contributed by atoms with van der Waals surface area (Å²) < 4.78 is 8.38. The monoisotopic (exact) mass is 320 g/mol. The lowest BCUT2D eigenvalue weighted by molar-refractivity contribution is 0.302. The lowest BCUT2D eigenvalue weighted by Crippen LogP contribution is -2.17. The molecule has 0 unspecified atom stereocenters. The molecule has 1 aromatic heterocycles. The number of nitrogens with one attached hydrogen (secondary N) is 1. The second kappa shape index (κ2) is 7.10. The van der Waals surface area contributed by atoms with Crippen molar-refractivity contribution in [1.82, 2.24) is 9.88 Å². The molecule has 4 rings (SSSR count). The van der Waals surface area contributed by atoms with Crippen molar-refractivity contribution in [2.24, 2.45) is 0 Å². The number of rotatable bonds is 5. The van der Waals surface area contributed by atoms with Gasteiger partial charge < -0.3 is 14.6 Å². The van der Waals surface area contributed by atoms with Gasteiger partial charge in [-0.25, -0.2) is 0 Å². The molecule has 1 aliphatic rings. The molecule has 0 spiro atoms. The number of aromatic nitrogens is 1. The van der Waals surface area contributed by atoms with Crippen LogP contribution in [0.5, 0.6) is 5.75 Å². The largest absolute Gasteiger partial charge is 0.494 e. The highest BCUT2D eigenvalue weighted by Crippen LogP contribution is 2.28. The minimum absolute atomic E-state index is 0.754. The molecular formula is C21H24N2O. The highest BCUT2D eigenvalue weighted by atomic mass is 16.5. The Balaban J connectivity index is 1.52. The summed E-state index contributed by atoms with van der Waals surface area (Å²) in [6.07, 6.45) is 3.26. The zero-order valence-electron chi connectivity index (χ0n) is 14.0. The van der Waals surface area contributed by atoms with Gasteiger partial charge in [-0.1, -0.05) is 36.4 Å². The lowest BCUT2D eigenvalue weighted by Gasteiger charge is -2.12. The van der Waals surface area contributed by atoms with Crippen LogP contribution in [0.4, 0.5) is 0 Å². The molecule has 124 valence electrons. The molecule has 0 amide bonds. The highest BCUT2D eigenvalue weighted by Gasteiger charge is 2.18. The molecule has 1 aliphatic heterocycles. The van der Waals surface area contributed by atoms with Gasteiger partial charge in [0.15, 0.2) is 0 Å². The van der Waals surface area contributed by atoms with E-state index in [-0.39, 0.29) is 0 Å². The number of aryl methyl sites for hydroxylation is 1. The van der Waals surface area contributed by atoms with Gasteiger partial charge in [0.2, 0.25) is 0 Å². The van der Waals surface area contributed by atoms with E-state index in [2.05, 4.69) is 34.1 Å². The summed E-state index contributed by atoms with van der Waals surface area (Å²) >= 11 is 0. The fourth-order valence-corrected chi connectivity index (χ4v) is 3.72. The van der Waals surface area contributed by atoms with Crippen LogP contribution in [0.15, 0.2) is 54.6 Å². The Labute approximate surface area is 143 Å². The summed E-state index contributed by atoms with van der Waals surface area (Å²) in [6, 6.07) is 18.9. The van der Waals surface area contributed by atoms with Gasteiger partial charge in [0, 0.05) is 36.1 Å². The Morgan fingerprint density at radius 1 is 0.917 bits per heavy atom. The summed E-state index contributed by atoms with van der Waals surface area (Å²) in [6.45, 7) is 3.92. The summed E-state index contributed by atoms with van der Waals surface area (Å²) in [7, 11) is 0. The highest BCUT2D eigenvalue weighted by molar-refractivity contribution is 5.85. The Kier molecular flexibility index (Phi) is 4.52. The van der Waals surface area contributed by atoms with Gasteiger partial charge in [0.25, 0.3) is 0 Å². The van der Waals surface area contributed by atoms with Crippen LogP contribution < -0.4 is 10.1 Å². The van der Waals surface area contributed by atoms with E-state index < -0.39 is 0 Å². The number of hydrogen-bond acceptors (Lipinski definition) is 2. The Morgan fingerprint density at radius 2 is 1.71 bits per heavy atom. The van der Waals surface area contributed by atoms with E-state index in [1.54, 1.807) is 5.56 Å². The Morgan fingerprint density at radius 3 is 2.62 bits per heavy atom. The van der Waals surface area contributed by atoms with Gasteiger partial charge in [-0.05, 0) is 43.1 Å². The van der Waals surface area contributed by atoms with Crippen molar-refractivity contribution in [3.8, 4) is 5.75 Å². The molecule has 0 saturated heterocycles. The van der Waals surface area contributed by atoms with E-state index in [0.717, 1.165) is 51.3 Å². The lowest BCUT2D eigenvalue weighted by atomic mass is 10.1. The van der Waals surface area contributed by atoms with Crippen LogP contribution in [0.3, 0.4) is 0 Å². The first-order valence-corrected chi connectivity index (χ1v) is 8.91. The summed E-state index contributed by atoms with van der Waals surface area (Å²) in [5.41, 5.74) is 4.43. The molecule has 24 heavy (non-hydrogen) atoms. The molecule has 3 nitrogen and oxygen atoms in total. The predicted octanol–water partition coefficient (Wildman–Crippen LogP) is 3.80. The first-order chi connectivity index (χ1) is 11.9. The van der Waals surface area contributed by atoms with Gasteiger partial charge in [0.05, 0.1) is 6.61 Å². The number of para-hydroxylation sites is 2. The standard InChI is InChI=1S/C21H24N2O/c1-2-7-17(8-3-1)24-16-6-15-23-20-10-5-4-9-18(20)19-11-13-22-14-12-21(19)23/h1-5,7-10,22H,6,11-16H2. The van der Waals surface area contributed by atoms with Crippen molar-refractivity contribution in [3.63, 3.8) is 0 Å². The number of fused-ring (bicyclic) bond motifs is 3. The van der Waals surface area contributed by atoms with Crippen molar-refractivity contribution < 1.29 is 4.74 Å². The number of hydrogen-bond donors (Lipinski definition) is 1. The summed E-state index contributed by atoms with van der Waals surface area (Å²) in [5, 5.41) is 4.95. The second-order valence-electron chi connectivity index (χ2n) is 6.36. The van der Waals surface area contributed by atoms with Gasteiger partial charge in [0.1, 0.15) is 5.75 Å². The van der Waals surface area contributed by atoms with Gasteiger partial charge in [-0.3, -0.25) is 0 Å². The van der Waals surface area contributed by atoms with E-state index in [1.165, 1.54) is 16.6 Å². The molecule has 0 saturated carbocycles. The van der Waals surface area contributed by atoms with Crippen LogP contribution in [0, 0.1) is 0 Å². The molecule has 0 aliphatic carbocycles. The Hall–Kier alpha value is -2.26.